The van der Waals surface area contributed by atoms with Crippen molar-refractivity contribution in [1.29, 1.82) is 0 Å². The Labute approximate surface area is 154 Å². The standard InChI is InChI=1S/C18H19N3O4S/c1-12-7-8-13(11-15(12)21(24)25)19-17(22)14-5-2-3-9-20(14)18(23)16-6-4-10-26-16/h4,6-8,10-11,14H,2-3,5,9H2,1H3,(H,19,22). The predicted octanol–water partition coefficient (Wildman–Crippen LogP) is 3.60. The smallest absolute Gasteiger partial charge is 0.274 e. The van der Waals surface area contributed by atoms with Crippen LogP contribution in [0.15, 0.2) is 35.7 Å². The van der Waals surface area contributed by atoms with E-state index in [1.807, 2.05) is 11.4 Å². The Morgan fingerprint density at radius 1 is 1.31 bits per heavy atom. The van der Waals surface area contributed by atoms with Gasteiger partial charge in [-0.2, -0.15) is 0 Å². The highest BCUT2D eigenvalue weighted by Gasteiger charge is 2.33. The fraction of sp³-hybridized carbons (Fsp3) is 0.333. The number of anilines is 1. The maximum atomic E-state index is 12.7. The van der Waals surface area contributed by atoms with E-state index in [4.69, 9.17) is 0 Å². The number of nitro benzene ring substituents is 1. The van der Waals surface area contributed by atoms with E-state index in [-0.39, 0.29) is 17.5 Å². The summed E-state index contributed by atoms with van der Waals surface area (Å²) in [7, 11) is 0. The Morgan fingerprint density at radius 3 is 2.81 bits per heavy atom. The van der Waals surface area contributed by atoms with E-state index in [1.54, 1.807) is 30.0 Å². The lowest BCUT2D eigenvalue weighted by Crippen LogP contribution is -2.49. The number of nitrogens with one attached hydrogen (secondary N) is 1. The van der Waals surface area contributed by atoms with Crippen LogP contribution in [0.3, 0.4) is 0 Å². The highest BCUT2D eigenvalue weighted by atomic mass is 32.1. The summed E-state index contributed by atoms with van der Waals surface area (Å²) in [6, 6.07) is 7.57. The van der Waals surface area contributed by atoms with Gasteiger partial charge in [0.2, 0.25) is 5.91 Å². The van der Waals surface area contributed by atoms with E-state index in [0.29, 0.717) is 29.1 Å². The zero-order valence-corrected chi connectivity index (χ0v) is 15.1. The van der Waals surface area contributed by atoms with Gasteiger partial charge in [-0.15, -0.1) is 11.3 Å². The molecule has 8 heteroatoms. The van der Waals surface area contributed by atoms with Gasteiger partial charge in [-0.05, 0) is 43.7 Å². The minimum absolute atomic E-state index is 0.0436. The molecule has 0 radical (unpaired) electrons. The number of nitrogens with zero attached hydrogens (tertiary/aromatic N) is 2. The number of benzene rings is 1. The predicted molar refractivity (Wildman–Crippen MR) is 99.5 cm³/mol. The first-order chi connectivity index (χ1) is 12.5. The average Bonchev–Trinajstić information content (AvgIpc) is 3.17. The van der Waals surface area contributed by atoms with Gasteiger partial charge in [-0.25, -0.2) is 0 Å². The molecule has 1 aliphatic rings. The lowest BCUT2D eigenvalue weighted by atomic mass is 10.0. The fourth-order valence-electron chi connectivity index (χ4n) is 3.10. The van der Waals surface area contributed by atoms with Crippen molar-refractivity contribution in [3.63, 3.8) is 0 Å². The van der Waals surface area contributed by atoms with Crippen molar-refractivity contribution in [2.45, 2.75) is 32.2 Å². The maximum absolute atomic E-state index is 12.7. The molecule has 3 rings (SSSR count). The molecule has 1 atom stereocenters. The lowest BCUT2D eigenvalue weighted by Gasteiger charge is -2.34. The molecular formula is C18H19N3O4S. The van der Waals surface area contributed by atoms with Crippen molar-refractivity contribution in [3.8, 4) is 0 Å². The van der Waals surface area contributed by atoms with Crippen molar-refractivity contribution >= 4 is 34.5 Å². The number of aryl methyl sites for hydroxylation is 1. The summed E-state index contributed by atoms with van der Waals surface area (Å²) in [5.41, 5.74) is 0.847. The van der Waals surface area contributed by atoms with Crippen molar-refractivity contribution < 1.29 is 14.5 Å². The molecule has 1 N–H and O–H groups in total. The maximum Gasteiger partial charge on any atom is 0.274 e. The van der Waals surface area contributed by atoms with Crippen LogP contribution in [0.4, 0.5) is 11.4 Å². The molecule has 1 aromatic heterocycles. The monoisotopic (exact) mass is 373 g/mol. The van der Waals surface area contributed by atoms with Gasteiger partial charge < -0.3 is 10.2 Å². The zero-order chi connectivity index (χ0) is 18.7. The third-order valence-corrected chi connectivity index (χ3v) is 5.33. The van der Waals surface area contributed by atoms with Gasteiger partial charge in [0, 0.05) is 23.9 Å². The molecule has 7 nitrogen and oxygen atoms in total. The molecule has 0 spiro atoms. The van der Waals surface area contributed by atoms with Crippen molar-refractivity contribution in [1.82, 2.24) is 4.90 Å². The van der Waals surface area contributed by atoms with E-state index in [9.17, 15) is 19.7 Å². The van der Waals surface area contributed by atoms with Gasteiger partial charge in [0.05, 0.1) is 9.80 Å². The SMILES string of the molecule is Cc1ccc(NC(=O)C2CCCCN2C(=O)c2cccs2)cc1[N+](=O)[O-]. The Balaban J connectivity index is 1.78. The molecule has 2 amide bonds. The second-order valence-electron chi connectivity index (χ2n) is 6.24. The third kappa shape index (κ3) is 3.75. The van der Waals surface area contributed by atoms with E-state index < -0.39 is 11.0 Å². The summed E-state index contributed by atoms with van der Waals surface area (Å²) in [5, 5.41) is 15.6. The van der Waals surface area contributed by atoms with Gasteiger partial charge in [0.1, 0.15) is 6.04 Å². The first kappa shape index (κ1) is 18.1. The Bertz CT molecular complexity index is 835. The van der Waals surface area contributed by atoms with Gasteiger partial charge in [0.15, 0.2) is 0 Å². The number of carbonyl (C=O) groups excluding carboxylic acids is 2. The minimum atomic E-state index is -0.571. The summed E-state index contributed by atoms with van der Waals surface area (Å²) in [5.74, 6) is -0.456. The Hall–Kier alpha value is -2.74. The van der Waals surface area contributed by atoms with E-state index in [1.165, 1.54) is 17.4 Å². The topological polar surface area (TPSA) is 92.6 Å². The zero-order valence-electron chi connectivity index (χ0n) is 14.3. The molecule has 1 fully saturated rings. The van der Waals surface area contributed by atoms with Gasteiger partial charge in [-0.1, -0.05) is 12.1 Å². The van der Waals surface area contributed by atoms with Crippen molar-refractivity contribution in [2.24, 2.45) is 0 Å². The molecule has 26 heavy (non-hydrogen) atoms. The number of rotatable bonds is 4. The second kappa shape index (κ2) is 7.65. The van der Waals surface area contributed by atoms with Crippen LogP contribution in [-0.4, -0.2) is 34.2 Å². The lowest BCUT2D eigenvalue weighted by molar-refractivity contribution is -0.385. The van der Waals surface area contributed by atoms with Crippen LogP contribution in [-0.2, 0) is 4.79 Å². The summed E-state index contributed by atoms with van der Waals surface area (Å²) in [6.45, 7) is 2.18. The van der Waals surface area contributed by atoms with E-state index in [2.05, 4.69) is 5.32 Å². The number of nitro groups is 1. The second-order valence-corrected chi connectivity index (χ2v) is 7.18. The minimum Gasteiger partial charge on any atom is -0.326 e. The van der Waals surface area contributed by atoms with Crippen LogP contribution in [0.2, 0.25) is 0 Å². The highest BCUT2D eigenvalue weighted by Crippen LogP contribution is 2.25. The van der Waals surface area contributed by atoms with Gasteiger partial charge in [-0.3, -0.25) is 19.7 Å². The summed E-state index contributed by atoms with van der Waals surface area (Å²) >= 11 is 1.35. The molecular weight excluding hydrogens is 354 g/mol. The van der Waals surface area contributed by atoms with Crippen LogP contribution in [0.25, 0.3) is 0 Å². The van der Waals surface area contributed by atoms with Crippen LogP contribution in [0, 0.1) is 17.0 Å². The van der Waals surface area contributed by atoms with E-state index >= 15 is 0 Å². The van der Waals surface area contributed by atoms with Gasteiger partial charge in [0.25, 0.3) is 11.6 Å². The number of carbonyl (C=O) groups is 2. The molecule has 1 aromatic carbocycles. The van der Waals surface area contributed by atoms with Crippen LogP contribution in [0.5, 0.6) is 0 Å². The fourth-order valence-corrected chi connectivity index (χ4v) is 3.78. The summed E-state index contributed by atoms with van der Waals surface area (Å²) < 4.78 is 0. The Morgan fingerprint density at radius 2 is 2.12 bits per heavy atom. The first-order valence-corrected chi connectivity index (χ1v) is 9.25. The number of hydrogen-bond acceptors (Lipinski definition) is 5. The summed E-state index contributed by atoms with van der Waals surface area (Å²) in [4.78, 5) is 38.2. The molecule has 0 bridgehead atoms. The third-order valence-electron chi connectivity index (χ3n) is 4.47. The number of piperidine rings is 1. The van der Waals surface area contributed by atoms with Crippen molar-refractivity contribution in [2.75, 3.05) is 11.9 Å². The number of likely N-dealkylation sites (tertiary alicyclic amines) is 1. The number of amides is 2. The van der Waals surface area contributed by atoms with E-state index in [0.717, 1.165) is 12.8 Å². The molecule has 1 saturated heterocycles. The first-order valence-electron chi connectivity index (χ1n) is 8.38. The molecule has 0 aliphatic carbocycles. The molecule has 1 aliphatic heterocycles. The number of hydrogen-bond donors (Lipinski definition) is 1. The average molecular weight is 373 g/mol. The quantitative estimate of drug-likeness (QED) is 0.655. The van der Waals surface area contributed by atoms with Crippen LogP contribution >= 0.6 is 11.3 Å². The van der Waals surface area contributed by atoms with Crippen LogP contribution < -0.4 is 5.32 Å². The summed E-state index contributed by atoms with van der Waals surface area (Å²) in [6.07, 6.45) is 2.30. The number of thiophene rings is 1. The van der Waals surface area contributed by atoms with Crippen molar-refractivity contribution in [3.05, 3.63) is 56.3 Å². The molecule has 1 unspecified atom stereocenters. The highest BCUT2D eigenvalue weighted by molar-refractivity contribution is 7.12. The molecule has 2 heterocycles. The Kier molecular flexibility index (Phi) is 5.32. The van der Waals surface area contributed by atoms with Gasteiger partial charge >= 0.3 is 0 Å². The molecule has 136 valence electrons. The molecule has 2 aromatic rings. The molecule has 0 saturated carbocycles. The van der Waals surface area contributed by atoms with Crippen LogP contribution in [0.1, 0.15) is 34.5 Å². The normalized spacial score (nSPS) is 17.0. The largest absolute Gasteiger partial charge is 0.326 e.